The first-order valence-corrected chi connectivity index (χ1v) is 15.7. The molecule has 0 spiro atoms. The minimum atomic E-state index is -1.50. The highest BCUT2D eigenvalue weighted by Crippen LogP contribution is 2.28. The van der Waals surface area contributed by atoms with Gasteiger partial charge in [0.25, 0.3) is 0 Å². The van der Waals surface area contributed by atoms with Gasteiger partial charge < -0.3 is 42.3 Å². The highest BCUT2D eigenvalue weighted by Gasteiger charge is 2.29. The zero-order valence-corrected chi connectivity index (χ0v) is 26.6. The molecule has 2 rings (SSSR count). The molecule has 0 aromatic heterocycles. The molecule has 9 N–H and O–H groups in total. The molecule has 14 nitrogen and oxygen atoms in total. The van der Waals surface area contributed by atoms with Crippen molar-refractivity contribution in [3.05, 3.63) is 33.4 Å². The molecule has 3 atom stereocenters. The molecular weight excluding hydrogens is 689 g/mol. The maximum atomic E-state index is 13.1. The number of carbonyl (C=O) groups is 6. The van der Waals surface area contributed by atoms with Crippen LogP contribution in [0.3, 0.4) is 0 Å². The number of nitrogens with two attached hydrogens (primary N) is 1. The van der Waals surface area contributed by atoms with Gasteiger partial charge in [0.05, 0.1) is 0 Å². The fourth-order valence-electron chi connectivity index (χ4n) is 4.96. The normalized spacial score (nSPS) is 18.2. The first-order valence-electron chi connectivity index (χ1n) is 14.7. The molecule has 1 aliphatic carbocycles. The summed E-state index contributed by atoms with van der Waals surface area (Å²) in [5, 5.41) is 37.4. The van der Waals surface area contributed by atoms with Gasteiger partial charge >= 0.3 is 23.9 Å². The molecule has 1 aromatic carbocycles. The Morgan fingerprint density at radius 2 is 1.41 bits per heavy atom. The SMILES string of the molecule is NC[C@H]1CC[C@H](C(=O)N[C@@H](Cc2ccc(I)cc2)C(=O)NCCCC[C@H](NC(=O)N[C@@H](CCC(=O)O)C(=O)O)C(=O)O)CC1. The van der Waals surface area contributed by atoms with Crippen LogP contribution in [0.25, 0.3) is 0 Å². The third kappa shape index (κ3) is 13.4. The van der Waals surface area contributed by atoms with Gasteiger partial charge in [0.15, 0.2) is 0 Å². The summed E-state index contributed by atoms with van der Waals surface area (Å²) < 4.78 is 1.04. The number of urea groups is 1. The number of nitrogens with one attached hydrogen (secondary N) is 4. The van der Waals surface area contributed by atoms with E-state index < -0.39 is 48.5 Å². The maximum absolute atomic E-state index is 13.1. The van der Waals surface area contributed by atoms with E-state index in [-0.39, 0.29) is 37.1 Å². The molecule has 0 saturated heterocycles. The lowest BCUT2D eigenvalue weighted by molar-refractivity contribution is -0.141. The Morgan fingerprint density at radius 1 is 0.818 bits per heavy atom. The molecule has 1 fully saturated rings. The molecule has 0 heterocycles. The van der Waals surface area contributed by atoms with Crippen LogP contribution in [0.5, 0.6) is 0 Å². The van der Waals surface area contributed by atoms with Gasteiger partial charge in [0.1, 0.15) is 18.1 Å². The minimum Gasteiger partial charge on any atom is -0.481 e. The third-order valence-electron chi connectivity index (χ3n) is 7.61. The van der Waals surface area contributed by atoms with Crippen LogP contribution >= 0.6 is 22.6 Å². The lowest BCUT2D eigenvalue weighted by atomic mass is 9.81. The summed E-state index contributed by atoms with van der Waals surface area (Å²) in [6, 6.07) is 2.98. The van der Waals surface area contributed by atoms with E-state index >= 15 is 0 Å². The Balaban J connectivity index is 1.88. The van der Waals surface area contributed by atoms with Crippen LogP contribution in [0.1, 0.15) is 63.4 Å². The summed E-state index contributed by atoms with van der Waals surface area (Å²) in [4.78, 5) is 72.0. The molecule has 244 valence electrons. The Bertz CT molecular complexity index is 1140. The number of amides is 4. The first-order chi connectivity index (χ1) is 20.9. The largest absolute Gasteiger partial charge is 0.481 e. The second kappa shape index (κ2) is 19.0. The molecule has 0 bridgehead atoms. The molecule has 0 aliphatic heterocycles. The summed E-state index contributed by atoms with van der Waals surface area (Å²) in [6.45, 7) is 0.802. The number of hydrogen-bond donors (Lipinski definition) is 8. The van der Waals surface area contributed by atoms with Gasteiger partial charge in [-0.25, -0.2) is 14.4 Å². The number of benzene rings is 1. The Morgan fingerprint density at radius 3 is 1.95 bits per heavy atom. The van der Waals surface area contributed by atoms with Crippen molar-refractivity contribution in [2.75, 3.05) is 13.1 Å². The fraction of sp³-hybridized carbons (Fsp3) is 0.586. The molecule has 1 aromatic rings. The molecular formula is C29H42IN5O9. The second-order valence-corrected chi connectivity index (χ2v) is 12.2. The number of carboxylic acids is 3. The van der Waals surface area contributed by atoms with Gasteiger partial charge in [0.2, 0.25) is 11.8 Å². The second-order valence-electron chi connectivity index (χ2n) is 11.0. The zero-order valence-electron chi connectivity index (χ0n) is 24.4. The van der Waals surface area contributed by atoms with Crippen LogP contribution in [-0.4, -0.2) is 82.3 Å². The van der Waals surface area contributed by atoms with Gasteiger partial charge in [-0.2, -0.15) is 0 Å². The van der Waals surface area contributed by atoms with E-state index in [0.29, 0.717) is 31.7 Å². The lowest BCUT2D eigenvalue weighted by Gasteiger charge is -2.28. The van der Waals surface area contributed by atoms with Crippen molar-refractivity contribution in [3.63, 3.8) is 0 Å². The van der Waals surface area contributed by atoms with Gasteiger partial charge in [-0.15, -0.1) is 0 Å². The predicted octanol–water partition coefficient (Wildman–Crippen LogP) is 1.44. The maximum Gasteiger partial charge on any atom is 0.326 e. The van der Waals surface area contributed by atoms with Gasteiger partial charge in [-0.05, 0) is 104 Å². The molecule has 1 aliphatic rings. The van der Waals surface area contributed by atoms with Gasteiger partial charge in [0, 0.05) is 28.9 Å². The average Bonchev–Trinajstić information content (AvgIpc) is 2.98. The topological polar surface area (TPSA) is 237 Å². The van der Waals surface area contributed by atoms with Crippen molar-refractivity contribution in [2.24, 2.45) is 17.6 Å². The molecule has 4 amide bonds. The summed E-state index contributed by atoms with van der Waals surface area (Å²) in [5.41, 5.74) is 6.66. The number of carbonyl (C=O) groups excluding carboxylic acids is 3. The Labute approximate surface area is 269 Å². The van der Waals surface area contributed by atoms with Gasteiger partial charge in [-0.1, -0.05) is 12.1 Å². The van der Waals surface area contributed by atoms with Gasteiger partial charge in [-0.3, -0.25) is 14.4 Å². The van der Waals surface area contributed by atoms with Crippen LogP contribution in [0, 0.1) is 15.4 Å². The van der Waals surface area contributed by atoms with Crippen molar-refractivity contribution >= 4 is 58.3 Å². The molecule has 1 saturated carbocycles. The van der Waals surface area contributed by atoms with E-state index in [1.165, 1.54) is 0 Å². The Kier molecular flexibility index (Phi) is 15.9. The number of halogens is 1. The van der Waals surface area contributed by atoms with Crippen molar-refractivity contribution < 1.29 is 44.1 Å². The van der Waals surface area contributed by atoms with Crippen LogP contribution < -0.4 is 27.0 Å². The van der Waals surface area contributed by atoms with Crippen LogP contribution in [0.15, 0.2) is 24.3 Å². The van der Waals surface area contributed by atoms with E-state index in [4.69, 9.17) is 10.8 Å². The first kappa shape index (κ1) is 36.7. The predicted molar refractivity (Wildman–Crippen MR) is 168 cm³/mol. The number of aliphatic carboxylic acids is 3. The lowest BCUT2D eigenvalue weighted by Crippen LogP contribution is -2.51. The number of unbranched alkanes of at least 4 members (excludes halogenated alkanes) is 1. The van der Waals surface area contributed by atoms with Crippen LogP contribution in [0.2, 0.25) is 0 Å². The summed E-state index contributed by atoms with van der Waals surface area (Å²) in [6.07, 6.45) is 3.33. The summed E-state index contributed by atoms with van der Waals surface area (Å²) in [7, 11) is 0. The molecule has 44 heavy (non-hydrogen) atoms. The molecule has 0 unspecified atom stereocenters. The van der Waals surface area contributed by atoms with Crippen LogP contribution in [0.4, 0.5) is 4.79 Å². The highest BCUT2D eigenvalue weighted by molar-refractivity contribution is 14.1. The standard InChI is InChI=1S/C29H42IN5O9/c30-20-10-6-17(7-11-20)15-23(33-25(38)19-8-4-18(16-31)5-9-19)26(39)32-14-2-1-3-21(27(40)41)34-29(44)35-22(28(42)43)12-13-24(36)37/h6-7,10-11,18-19,21-23H,1-5,8-9,12-16,31H2,(H,32,39)(H,33,38)(H,36,37)(H,40,41)(H,42,43)(H2,34,35,44)/t18-,19-,21-,22-,23-/m0/s1. The fourth-order valence-corrected chi connectivity index (χ4v) is 5.32. The summed E-state index contributed by atoms with van der Waals surface area (Å²) >= 11 is 2.19. The van der Waals surface area contributed by atoms with E-state index in [1.807, 2.05) is 24.3 Å². The van der Waals surface area contributed by atoms with Crippen molar-refractivity contribution in [2.45, 2.75) is 82.3 Å². The zero-order chi connectivity index (χ0) is 32.6. The smallest absolute Gasteiger partial charge is 0.326 e. The van der Waals surface area contributed by atoms with Crippen molar-refractivity contribution in [1.82, 2.24) is 21.3 Å². The van der Waals surface area contributed by atoms with E-state index in [9.17, 15) is 39.0 Å². The number of carboxylic acid groups (broad SMARTS) is 3. The third-order valence-corrected chi connectivity index (χ3v) is 8.33. The molecule has 15 heteroatoms. The minimum absolute atomic E-state index is 0.000221. The Hall–Kier alpha value is -3.47. The van der Waals surface area contributed by atoms with Crippen LogP contribution in [-0.2, 0) is 30.4 Å². The van der Waals surface area contributed by atoms with Crippen molar-refractivity contribution in [1.29, 1.82) is 0 Å². The van der Waals surface area contributed by atoms with E-state index in [0.717, 1.165) is 34.8 Å². The van der Waals surface area contributed by atoms with E-state index in [2.05, 4.69) is 43.9 Å². The molecule has 0 radical (unpaired) electrons. The average molecular weight is 732 g/mol. The highest BCUT2D eigenvalue weighted by atomic mass is 127. The summed E-state index contributed by atoms with van der Waals surface area (Å²) in [5.74, 6) is -4.29. The monoisotopic (exact) mass is 731 g/mol. The van der Waals surface area contributed by atoms with Crippen molar-refractivity contribution in [3.8, 4) is 0 Å². The van der Waals surface area contributed by atoms with E-state index in [1.54, 1.807) is 0 Å². The number of rotatable bonds is 18. The number of hydrogen-bond acceptors (Lipinski definition) is 7. The quantitative estimate of drug-likeness (QED) is 0.0799.